The van der Waals surface area contributed by atoms with Crippen LogP contribution < -0.4 is 9.47 Å². The van der Waals surface area contributed by atoms with Crippen LogP contribution in [0.1, 0.15) is 35.7 Å². The minimum atomic E-state index is -0.397. The fraction of sp³-hybridized carbons (Fsp3) is 0.167. The number of aliphatic imine (C=N–C) groups is 1. The highest BCUT2D eigenvalue weighted by atomic mass is 16.5. The molecule has 3 aromatic rings. The molecule has 4 nitrogen and oxygen atoms in total. The molecule has 4 heteroatoms. The zero-order chi connectivity index (χ0) is 19.6. The van der Waals surface area contributed by atoms with Crippen LogP contribution in [0.3, 0.4) is 0 Å². The second kappa shape index (κ2) is 10.1. The number of carbonyl (C=O) groups excluding carboxylic acids is 1. The number of unbranched alkanes of at least 4 members (excludes halogenated alkanes) is 1. The Balaban J connectivity index is 1.56. The molecule has 3 aromatic carbocycles. The van der Waals surface area contributed by atoms with Crippen LogP contribution in [0, 0.1) is 0 Å². The third kappa shape index (κ3) is 5.81. The van der Waals surface area contributed by atoms with Gasteiger partial charge in [-0.2, -0.15) is 0 Å². The second-order valence-electron chi connectivity index (χ2n) is 6.28. The van der Waals surface area contributed by atoms with E-state index in [-0.39, 0.29) is 0 Å². The van der Waals surface area contributed by atoms with E-state index in [1.165, 1.54) is 0 Å². The largest absolute Gasteiger partial charge is 0.494 e. The molecule has 0 bridgehead atoms. The molecule has 142 valence electrons. The Morgan fingerprint density at radius 2 is 1.57 bits per heavy atom. The maximum absolute atomic E-state index is 12.3. The average molecular weight is 373 g/mol. The summed E-state index contributed by atoms with van der Waals surface area (Å²) in [5, 5.41) is 0. The van der Waals surface area contributed by atoms with Gasteiger partial charge < -0.3 is 9.47 Å². The molecular weight excluding hydrogens is 350 g/mol. The SMILES string of the molecule is CCCCOc1ccc(C(=O)Oc2ccc(C=Nc3ccccc3)cc2)cc1. The van der Waals surface area contributed by atoms with Gasteiger partial charge in [-0.3, -0.25) is 4.99 Å². The van der Waals surface area contributed by atoms with Crippen LogP contribution in [-0.2, 0) is 0 Å². The summed E-state index contributed by atoms with van der Waals surface area (Å²) < 4.78 is 11.0. The van der Waals surface area contributed by atoms with Crippen molar-refractivity contribution in [3.63, 3.8) is 0 Å². The summed E-state index contributed by atoms with van der Waals surface area (Å²) in [6, 6.07) is 23.9. The van der Waals surface area contributed by atoms with Crippen LogP contribution >= 0.6 is 0 Å². The lowest BCUT2D eigenvalue weighted by atomic mass is 10.2. The van der Waals surface area contributed by atoms with Crippen LogP contribution in [-0.4, -0.2) is 18.8 Å². The normalized spacial score (nSPS) is 10.8. The summed E-state index contributed by atoms with van der Waals surface area (Å²) in [6.45, 7) is 2.80. The van der Waals surface area contributed by atoms with Gasteiger partial charge in [-0.15, -0.1) is 0 Å². The van der Waals surface area contributed by atoms with Crippen molar-refractivity contribution >= 4 is 17.9 Å². The molecule has 0 saturated carbocycles. The van der Waals surface area contributed by atoms with Crippen molar-refractivity contribution in [1.82, 2.24) is 0 Å². The van der Waals surface area contributed by atoms with E-state index in [4.69, 9.17) is 9.47 Å². The van der Waals surface area contributed by atoms with Crippen molar-refractivity contribution < 1.29 is 14.3 Å². The van der Waals surface area contributed by atoms with Gasteiger partial charge in [0.1, 0.15) is 11.5 Å². The van der Waals surface area contributed by atoms with Crippen LogP contribution in [0.15, 0.2) is 83.9 Å². The van der Waals surface area contributed by atoms with Gasteiger partial charge >= 0.3 is 5.97 Å². The third-order valence-corrected chi connectivity index (χ3v) is 4.07. The van der Waals surface area contributed by atoms with Crippen molar-refractivity contribution in [3.05, 3.63) is 90.0 Å². The molecule has 0 aliphatic heterocycles. The molecule has 0 fully saturated rings. The number of hydrogen-bond acceptors (Lipinski definition) is 4. The minimum Gasteiger partial charge on any atom is -0.494 e. The van der Waals surface area contributed by atoms with Crippen LogP contribution in [0.25, 0.3) is 0 Å². The molecule has 0 radical (unpaired) electrons. The second-order valence-corrected chi connectivity index (χ2v) is 6.28. The first-order valence-electron chi connectivity index (χ1n) is 9.39. The van der Waals surface area contributed by atoms with E-state index in [2.05, 4.69) is 11.9 Å². The lowest BCUT2D eigenvalue weighted by Gasteiger charge is -2.07. The number of rotatable bonds is 8. The number of hydrogen-bond donors (Lipinski definition) is 0. The topological polar surface area (TPSA) is 47.9 Å². The quantitative estimate of drug-likeness (QED) is 0.216. The number of esters is 1. The zero-order valence-corrected chi connectivity index (χ0v) is 15.9. The van der Waals surface area contributed by atoms with Crippen molar-refractivity contribution in [2.75, 3.05) is 6.61 Å². The maximum atomic E-state index is 12.3. The lowest BCUT2D eigenvalue weighted by molar-refractivity contribution is 0.0734. The van der Waals surface area contributed by atoms with Gasteiger partial charge in [0, 0.05) is 6.21 Å². The van der Waals surface area contributed by atoms with Gasteiger partial charge in [-0.25, -0.2) is 4.79 Å². The molecule has 28 heavy (non-hydrogen) atoms. The molecule has 0 aromatic heterocycles. The van der Waals surface area contributed by atoms with E-state index < -0.39 is 5.97 Å². The van der Waals surface area contributed by atoms with E-state index in [0.29, 0.717) is 17.9 Å². The maximum Gasteiger partial charge on any atom is 0.343 e. The Morgan fingerprint density at radius 3 is 2.25 bits per heavy atom. The van der Waals surface area contributed by atoms with E-state index in [1.54, 1.807) is 42.6 Å². The van der Waals surface area contributed by atoms with Crippen molar-refractivity contribution in [2.45, 2.75) is 19.8 Å². The summed E-state index contributed by atoms with van der Waals surface area (Å²) in [5.74, 6) is 0.850. The first kappa shape index (κ1) is 19.4. The molecule has 0 saturated heterocycles. The minimum absolute atomic E-state index is 0.397. The molecule has 0 unspecified atom stereocenters. The third-order valence-electron chi connectivity index (χ3n) is 4.07. The summed E-state index contributed by atoms with van der Waals surface area (Å²) in [5.41, 5.74) is 2.30. The smallest absolute Gasteiger partial charge is 0.343 e. The van der Waals surface area contributed by atoms with E-state index in [0.717, 1.165) is 29.8 Å². The summed E-state index contributed by atoms with van der Waals surface area (Å²) in [7, 11) is 0. The molecule has 0 aliphatic carbocycles. The van der Waals surface area contributed by atoms with Crippen LogP contribution in [0.2, 0.25) is 0 Å². The van der Waals surface area contributed by atoms with Crippen molar-refractivity contribution in [2.24, 2.45) is 4.99 Å². The zero-order valence-electron chi connectivity index (χ0n) is 15.9. The fourth-order valence-corrected chi connectivity index (χ4v) is 2.47. The van der Waals surface area contributed by atoms with E-state index in [9.17, 15) is 4.79 Å². The Hall–Kier alpha value is -3.40. The van der Waals surface area contributed by atoms with Gasteiger partial charge in [0.15, 0.2) is 0 Å². The molecule has 0 spiro atoms. The van der Waals surface area contributed by atoms with Gasteiger partial charge in [0.2, 0.25) is 0 Å². The van der Waals surface area contributed by atoms with Crippen molar-refractivity contribution in [1.29, 1.82) is 0 Å². The highest BCUT2D eigenvalue weighted by molar-refractivity contribution is 5.91. The van der Waals surface area contributed by atoms with Gasteiger partial charge in [0.25, 0.3) is 0 Å². The Kier molecular flexibility index (Phi) is 6.96. The monoisotopic (exact) mass is 373 g/mol. The summed E-state index contributed by atoms with van der Waals surface area (Å²) in [6.07, 6.45) is 3.87. The molecular formula is C24H23NO3. The molecule has 3 rings (SSSR count). The average Bonchev–Trinajstić information content (AvgIpc) is 2.75. The Bertz CT molecular complexity index is 901. The number of carbonyl (C=O) groups is 1. The number of benzene rings is 3. The predicted molar refractivity (Wildman–Crippen MR) is 112 cm³/mol. The first-order valence-corrected chi connectivity index (χ1v) is 9.39. The van der Waals surface area contributed by atoms with Crippen LogP contribution in [0.5, 0.6) is 11.5 Å². The molecule has 0 heterocycles. The number of para-hydroxylation sites is 1. The standard InChI is InChI=1S/C24H23NO3/c1-2-3-17-27-22-15-11-20(12-16-22)24(26)28-23-13-9-19(10-14-23)18-25-21-7-5-4-6-8-21/h4-16,18H,2-3,17H2,1H3. The summed E-state index contributed by atoms with van der Waals surface area (Å²) in [4.78, 5) is 16.7. The molecule has 0 aliphatic rings. The van der Waals surface area contributed by atoms with Gasteiger partial charge in [0.05, 0.1) is 17.9 Å². The van der Waals surface area contributed by atoms with Crippen LogP contribution in [0.4, 0.5) is 5.69 Å². The Labute approximate surface area is 165 Å². The number of nitrogens with zero attached hydrogens (tertiary/aromatic N) is 1. The van der Waals surface area contributed by atoms with E-state index >= 15 is 0 Å². The molecule has 0 N–H and O–H groups in total. The molecule has 0 amide bonds. The predicted octanol–water partition coefficient (Wildman–Crippen LogP) is 5.84. The van der Waals surface area contributed by atoms with Gasteiger partial charge in [-0.05, 0) is 72.6 Å². The van der Waals surface area contributed by atoms with E-state index in [1.807, 2.05) is 42.5 Å². The summed E-state index contributed by atoms with van der Waals surface area (Å²) >= 11 is 0. The Morgan fingerprint density at radius 1 is 0.893 bits per heavy atom. The highest BCUT2D eigenvalue weighted by Gasteiger charge is 2.08. The van der Waals surface area contributed by atoms with Gasteiger partial charge in [-0.1, -0.05) is 31.5 Å². The highest BCUT2D eigenvalue weighted by Crippen LogP contribution is 2.17. The molecule has 0 atom stereocenters. The first-order chi connectivity index (χ1) is 13.7. The van der Waals surface area contributed by atoms with Crippen molar-refractivity contribution in [3.8, 4) is 11.5 Å². The number of ether oxygens (including phenoxy) is 2. The fourth-order valence-electron chi connectivity index (χ4n) is 2.47. The lowest BCUT2D eigenvalue weighted by Crippen LogP contribution is -2.08.